The fraction of sp³-hybridized carbons (Fsp3) is 0.556. The van der Waals surface area contributed by atoms with Crippen LogP contribution in [0.4, 0.5) is 0 Å². The lowest BCUT2D eigenvalue weighted by Gasteiger charge is -1.91. The van der Waals surface area contributed by atoms with Crippen molar-refractivity contribution in [2.45, 2.75) is 13.0 Å². The van der Waals surface area contributed by atoms with Crippen molar-refractivity contribution < 1.29 is 19.2 Å². The molecule has 0 fully saturated rings. The Balaban J connectivity index is 0. The summed E-state index contributed by atoms with van der Waals surface area (Å²) in [7, 11) is 0. The molecule has 0 aliphatic carbocycles. The molecule has 0 radical (unpaired) electrons. The van der Waals surface area contributed by atoms with Crippen LogP contribution in [0.1, 0.15) is 6.92 Å². The molecule has 0 aromatic rings. The van der Waals surface area contributed by atoms with E-state index in [1.54, 1.807) is 6.92 Å². The van der Waals surface area contributed by atoms with Crippen molar-refractivity contribution in [1.82, 2.24) is 0 Å². The van der Waals surface area contributed by atoms with E-state index in [1.165, 1.54) is 24.3 Å². The molecule has 0 aliphatic rings. The SMILES string of the molecule is CC(CN=C=O)N=C=O.O=C=NCCN=C=O. The van der Waals surface area contributed by atoms with E-state index in [0.29, 0.717) is 0 Å². The summed E-state index contributed by atoms with van der Waals surface area (Å²) in [5.41, 5.74) is 0. The summed E-state index contributed by atoms with van der Waals surface area (Å²) in [6.07, 6.45) is 5.33. The monoisotopic (exact) mass is 238 g/mol. The first kappa shape index (κ1) is 16.9. The van der Waals surface area contributed by atoms with Gasteiger partial charge in [0.1, 0.15) is 0 Å². The maximum atomic E-state index is 9.55. The van der Waals surface area contributed by atoms with Crippen molar-refractivity contribution in [3.63, 3.8) is 0 Å². The standard InChI is InChI=1S/C5H6N2O2.C4H4N2O2/c1-5(7-4-9)2-6-3-8;7-3-5-1-2-6-4-8/h5H,2H2,1H3;1-2H2. The quantitative estimate of drug-likeness (QED) is 0.358. The fourth-order valence-corrected chi connectivity index (χ4v) is 0.491. The summed E-state index contributed by atoms with van der Waals surface area (Å²) < 4.78 is 0. The van der Waals surface area contributed by atoms with Gasteiger partial charge in [-0.15, -0.1) is 0 Å². The minimum atomic E-state index is -0.260. The maximum Gasteiger partial charge on any atom is 0.235 e. The highest BCUT2D eigenvalue weighted by Gasteiger charge is 1.93. The molecule has 17 heavy (non-hydrogen) atoms. The molecular formula is C9H10N4O4. The summed E-state index contributed by atoms with van der Waals surface area (Å²) in [6.45, 7) is 2.31. The van der Waals surface area contributed by atoms with Crippen LogP contribution in [0.15, 0.2) is 20.0 Å². The van der Waals surface area contributed by atoms with Crippen LogP contribution in [0.3, 0.4) is 0 Å². The molecule has 8 nitrogen and oxygen atoms in total. The zero-order valence-electron chi connectivity index (χ0n) is 9.12. The van der Waals surface area contributed by atoms with Gasteiger partial charge in [0.2, 0.25) is 24.3 Å². The highest BCUT2D eigenvalue weighted by Crippen LogP contribution is 1.85. The van der Waals surface area contributed by atoms with Gasteiger partial charge >= 0.3 is 0 Å². The Hall–Kier alpha value is -2.48. The van der Waals surface area contributed by atoms with Crippen LogP contribution in [0.5, 0.6) is 0 Å². The van der Waals surface area contributed by atoms with E-state index in [1.807, 2.05) is 0 Å². The van der Waals surface area contributed by atoms with Crippen molar-refractivity contribution in [2.24, 2.45) is 20.0 Å². The third kappa shape index (κ3) is 19.8. The number of aliphatic imine (C=N–C) groups is 4. The predicted molar refractivity (Wildman–Crippen MR) is 56.5 cm³/mol. The van der Waals surface area contributed by atoms with Gasteiger partial charge in [-0.3, -0.25) is 0 Å². The first-order valence-corrected chi connectivity index (χ1v) is 4.40. The molecule has 0 N–H and O–H groups in total. The molecule has 0 heterocycles. The number of isocyanates is 4. The van der Waals surface area contributed by atoms with Crippen LogP contribution in [0.2, 0.25) is 0 Å². The molecule has 1 atom stereocenters. The van der Waals surface area contributed by atoms with E-state index in [-0.39, 0.29) is 25.7 Å². The molecular weight excluding hydrogens is 228 g/mol. The molecule has 8 heteroatoms. The summed E-state index contributed by atoms with van der Waals surface area (Å²) >= 11 is 0. The van der Waals surface area contributed by atoms with Gasteiger partial charge in [-0.2, -0.15) is 0 Å². The predicted octanol–water partition coefficient (Wildman–Crippen LogP) is -0.296. The number of carbonyl (C=O) groups excluding carboxylic acids is 4. The highest BCUT2D eigenvalue weighted by atomic mass is 16.1. The summed E-state index contributed by atoms with van der Waals surface area (Å²) in [5.74, 6) is 0. The minimum absolute atomic E-state index is 0.207. The van der Waals surface area contributed by atoms with Gasteiger partial charge in [0.05, 0.1) is 25.7 Å². The lowest BCUT2D eigenvalue weighted by atomic mass is 10.4. The Morgan fingerprint density at radius 2 is 1.29 bits per heavy atom. The lowest BCUT2D eigenvalue weighted by Crippen LogP contribution is -2.00. The first-order chi connectivity index (χ1) is 8.22. The molecule has 0 saturated heterocycles. The molecule has 0 saturated carbocycles. The van der Waals surface area contributed by atoms with Crippen molar-refractivity contribution in [3.8, 4) is 0 Å². The van der Waals surface area contributed by atoms with Crippen LogP contribution < -0.4 is 0 Å². The molecule has 0 rings (SSSR count). The van der Waals surface area contributed by atoms with Crippen LogP contribution in [-0.4, -0.2) is 50.0 Å². The van der Waals surface area contributed by atoms with Crippen LogP contribution in [0, 0.1) is 0 Å². The average Bonchev–Trinajstić information content (AvgIpc) is 2.33. The van der Waals surface area contributed by atoms with E-state index in [9.17, 15) is 19.2 Å². The largest absolute Gasteiger partial charge is 0.235 e. The van der Waals surface area contributed by atoms with Crippen molar-refractivity contribution in [1.29, 1.82) is 0 Å². The average molecular weight is 238 g/mol. The summed E-state index contributed by atoms with van der Waals surface area (Å²) in [4.78, 5) is 50.5. The number of nitrogens with zero attached hydrogens (tertiary/aromatic N) is 4. The van der Waals surface area contributed by atoms with Crippen LogP contribution in [-0.2, 0) is 19.2 Å². The van der Waals surface area contributed by atoms with E-state index >= 15 is 0 Å². The van der Waals surface area contributed by atoms with Crippen molar-refractivity contribution in [2.75, 3.05) is 19.6 Å². The second kappa shape index (κ2) is 16.0. The van der Waals surface area contributed by atoms with Gasteiger partial charge in [-0.25, -0.2) is 39.1 Å². The number of hydrogen-bond donors (Lipinski definition) is 0. The zero-order valence-corrected chi connectivity index (χ0v) is 9.12. The molecule has 1 unspecified atom stereocenters. The summed E-state index contributed by atoms with van der Waals surface area (Å²) in [6, 6.07) is -0.260. The van der Waals surface area contributed by atoms with Gasteiger partial charge in [0.25, 0.3) is 0 Å². The third-order valence-corrected chi connectivity index (χ3v) is 1.15. The van der Waals surface area contributed by atoms with Crippen molar-refractivity contribution in [3.05, 3.63) is 0 Å². The second-order valence-corrected chi connectivity index (χ2v) is 2.45. The molecule has 0 aliphatic heterocycles. The Bertz CT molecular complexity index is 366. The highest BCUT2D eigenvalue weighted by molar-refractivity contribution is 5.35. The molecule has 0 aromatic heterocycles. The van der Waals surface area contributed by atoms with Crippen LogP contribution in [0.25, 0.3) is 0 Å². The Morgan fingerprint density at radius 1 is 0.824 bits per heavy atom. The smallest absolute Gasteiger partial charge is 0.211 e. The van der Waals surface area contributed by atoms with E-state index in [0.717, 1.165) is 0 Å². The van der Waals surface area contributed by atoms with Gasteiger partial charge in [-0.1, -0.05) is 0 Å². The molecule has 0 spiro atoms. The van der Waals surface area contributed by atoms with E-state index in [4.69, 9.17) is 0 Å². The Morgan fingerprint density at radius 3 is 1.65 bits per heavy atom. The summed E-state index contributed by atoms with van der Waals surface area (Å²) in [5, 5.41) is 0. The third-order valence-electron chi connectivity index (χ3n) is 1.15. The topological polar surface area (TPSA) is 118 Å². The van der Waals surface area contributed by atoms with Gasteiger partial charge < -0.3 is 0 Å². The number of hydrogen-bond acceptors (Lipinski definition) is 8. The number of rotatable bonds is 6. The lowest BCUT2D eigenvalue weighted by molar-refractivity contribution is 0.554. The zero-order chi connectivity index (χ0) is 13.4. The Labute approximate surface area is 96.9 Å². The van der Waals surface area contributed by atoms with Gasteiger partial charge in [0, 0.05) is 0 Å². The van der Waals surface area contributed by atoms with Gasteiger partial charge in [-0.05, 0) is 6.92 Å². The van der Waals surface area contributed by atoms with E-state index < -0.39 is 0 Å². The van der Waals surface area contributed by atoms with Crippen molar-refractivity contribution >= 4 is 24.3 Å². The second-order valence-electron chi connectivity index (χ2n) is 2.45. The minimum Gasteiger partial charge on any atom is -0.211 e. The normalized spacial score (nSPS) is 8.76. The van der Waals surface area contributed by atoms with Gasteiger partial charge in [0.15, 0.2) is 0 Å². The maximum absolute atomic E-state index is 9.55. The molecule has 0 amide bonds. The van der Waals surface area contributed by atoms with Crippen LogP contribution >= 0.6 is 0 Å². The fourth-order valence-electron chi connectivity index (χ4n) is 0.491. The molecule has 90 valence electrons. The Kier molecular flexibility index (Phi) is 15.9. The first-order valence-electron chi connectivity index (χ1n) is 4.40. The molecule has 0 aromatic carbocycles. The molecule has 0 bridgehead atoms. The van der Waals surface area contributed by atoms with E-state index in [2.05, 4.69) is 20.0 Å².